The molecule has 0 aromatic heterocycles. The Morgan fingerprint density at radius 1 is 1.50 bits per heavy atom. The summed E-state index contributed by atoms with van der Waals surface area (Å²) >= 11 is 7.28. The predicted molar refractivity (Wildman–Crippen MR) is 63.9 cm³/mol. The van der Waals surface area contributed by atoms with Crippen molar-refractivity contribution in [1.82, 2.24) is 4.90 Å². The zero-order chi connectivity index (χ0) is 9.72. The van der Waals surface area contributed by atoms with Crippen LogP contribution in [0.3, 0.4) is 0 Å². The molecule has 0 aliphatic carbocycles. The van der Waals surface area contributed by atoms with E-state index in [2.05, 4.69) is 20.4 Å². The second-order valence-electron chi connectivity index (χ2n) is 2.80. The summed E-state index contributed by atoms with van der Waals surface area (Å²) in [5, 5.41) is 0.615. The first kappa shape index (κ1) is 12.5. The van der Waals surface area contributed by atoms with Gasteiger partial charge in [0.25, 0.3) is 0 Å². The van der Waals surface area contributed by atoms with E-state index in [1.807, 2.05) is 30.8 Å². The standard InChI is InChI=1S/C8H15NS2Se/c1-6(2)11-7(3)12-8(10)9(4)5/h6H,3H2,1-2,4-5H3. The zero-order valence-corrected chi connectivity index (χ0v) is 11.3. The normalized spacial score (nSPS) is 10.1. The molecule has 0 heterocycles. The van der Waals surface area contributed by atoms with Crippen LogP contribution < -0.4 is 0 Å². The molecule has 0 aliphatic heterocycles. The van der Waals surface area contributed by atoms with Crippen LogP contribution >= 0.6 is 24.0 Å². The van der Waals surface area contributed by atoms with Gasteiger partial charge in [-0.1, -0.05) is 0 Å². The van der Waals surface area contributed by atoms with Gasteiger partial charge in [-0.3, -0.25) is 0 Å². The molecule has 0 aromatic rings. The van der Waals surface area contributed by atoms with E-state index in [1.165, 1.54) is 3.80 Å². The van der Waals surface area contributed by atoms with Gasteiger partial charge in [0.05, 0.1) is 0 Å². The average molecular weight is 268 g/mol. The molecule has 0 radical (unpaired) electrons. The van der Waals surface area contributed by atoms with Gasteiger partial charge in [0.2, 0.25) is 0 Å². The van der Waals surface area contributed by atoms with Crippen LogP contribution in [0, 0.1) is 0 Å². The van der Waals surface area contributed by atoms with E-state index in [0.29, 0.717) is 5.25 Å². The molecule has 0 atom stereocenters. The third kappa shape index (κ3) is 6.06. The van der Waals surface area contributed by atoms with Crippen LogP contribution in [0.15, 0.2) is 10.4 Å². The van der Waals surface area contributed by atoms with Crippen LogP contribution in [0.2, 0.25) is 0 Å². The van der Waals surface area contributed by atoms with Gasteiger partial charge < -0.3 is 0 Å². The minimum absolute atomic E-state index is 0.272. The third-order valence-electron chi connectivity index (χ3n) is 0.933. The van der Waals surface area contributed by atoms with Crippen molar-refractivity contribution in [2.75, 3.05) is 14.1 Å². The molecule has 12 heavy (non-hydrogen) atoms. The fourth-order valence-electron chi connectivity index (χ4n) is 0.476. The number of hydrogen-bond acceptors (Lipinski definition) is 2. The summed E-state index contributed by atoms with van der Waals surface area (Å²) in [6.45, 7) is 8.34. The van der Waals surface area contributed by atoms with Gasteiger partial charge in [-0.05, 0) is 0 Å². The van der Waals surface area contributed by atoms with Crippen molar-refractivity contribution in [2.24, 2.45) is 0 Å². The first-order valence-electron chi connectivity index (χ1n) is 3.68. The topological polar surface area (TPSA) is 3.24 Å². The van der Waals surface area contributed by atoms with Gasteiger partial charge >= 0.3 is 91.3 Å². The minimum atomic E-state index is 0.272. The van der Waals surface area contributed by atoms with E-state index in [-0.39, 0.29) is 15.0 Å². The van der Waals surface area contributed by atoms with Crippen LogP contribution in [-0.2, 0) is 0 Å². The van der Waals surface area contributed by atoms with Crippen LogP contribution in [0.1, 0.15) is 13.8 Å². The van der Waals surface area contributed by atoms with E-state index in [9.17, 15) is 0 Å². The second-order valence-corrected chi connectivity index (χ2v) is 8.30. The summed E-state index contributed by atoms with van der Waals surface area (Å²) in [7, 11) is 3.97. The van der Waals surface area contributed by atoms with Gasteiger partial charge in [-0.2, -0.15) is 0 Å². The number of thioether (sulfide) groups is 1. The van der Waals surface area contributed by atoms with Crippen molar-refractivity contribution >= 4 is 42.8 Å². The van der Waals surface area contributed by atoms with Gasteiger partial charge in [0.15, 0.2) is 0 Å². The van der Waals surface area contributed by atoms with Crippen LogP contribution in [-0.4, -0.2) is 43.1 Å². The molecule has 0 rings (SSSR count). The molecular weight excluding hydrogens is 253 g/mol. The molecule has 0 N–H and O–H groups in total. The molecule has 0 aliphatic rings. The van der Waals surface area contributed by atoms with Crippen molar-refractivity contribution < 1.29 is 0 Å². The van der Waals surface area contributed by atoms with Gasteiger partial charge in [0.1, 0.15) is 0 Å². The molecular formula is C8H15NS2Se. The van der Waals surface area contributed by atoms with Crippen LogP contribution in [0.5, 0.6) is 0 Å². The number of thiocarbonyl (C=S) groups is 1. The molecule has 0 saturated heterocycles. The maximum absolute atomic E-state index is 5.19. The Labute approximate surface area is 91.1 Å². The Balaban J connectivity index is 3.77. The molecule has 4 heteroatoms. The van der Waals surface area contributed by atoms with Crippen molar-refractivity contribution in [3.63, 3.8) is 0 Å². The molecule has 0 saturated carbocycles. The predicted octanol–water partition coefficient (Wildman–Crippen LogP) is 2.15. The van der Waals surface area contributed by atoms with Gasteiger partial charge in [-0.25, -0.2) is 0 Å². The molecule has 70 valence electrons. The Kier molecular flexibility index (Phi) is 6.28. The van der Waals surface area contributed by atoms with Crippen molar-refractivity contribution in [3.05, 3.63) is 10.4 Å². The van der Waals surface area contributed by atoms with Crippen molar-refractivity contribution in [3.8, 4) is 0 Å². The summed E-state index contributed by atoms with van der Waals surface area (Å²) in [6, 6.07) is 0. The summed E-state index contributed by atoms with van der Waals surface area (Å²) in [5.41, 5.74) is 0. The Hall–Kier alpha value is 0.499. The molecule has 1 nitrogen and oxygen atoms in total. The number of hydrogen-bond donors (Lipinski definition) is 0. The fourth-order valence-corrected chi connectivity index (χ4v) is 4.56. The van der Waals surface area contributed by atoms with E-state index in [0.717, 1.165) is 3.89 Å². The van der Waals surface area contributed by atoms with E-state index in [4.69, 9.17) is 12.2 Å². The molecule has 0 unspecified atom stereocenters. The van der Waals surface area contributed by atoms with E-state index in [1.54, 1.807) is 0 Å². The quantitative estimate of drug-likeness (QED) is 0.568. The zero-order valence-electron chi connectivity index (χ0n) is 7.96. The molecule has 0 bridgehead atoms. The average Bonchev–Trinajstić information content (AvgIpc) is 1.84. The number of rotatable bonds is 4. The monoisotopic (exact) mass is 269 g/mol. The second kappa shape index (κ2) is 6.03. The fraction of sp³-hybridized carbons (Fsp3) is 0.625. The van der Waals surface area contributed by atoms with E-state index < -0.39 is 0 Å². The van der Waals surface area contributed by atoms with E-state index >= 15 is 0 Å². The van der Waals surface area contributed by atoms with Crippen molar-refractivity contribution in [1.29, 1.82) is 0 Å². The Morgan fingerprint density at radius 3 is 2.33 bits per heavy atom. The number of nitrogens with zero attached hydrogens (tertiary/aromatic N) is 1. The maximum atomic E-state index is 5.19. The van der Waals surface area contributed by atoms with Crippen LogP contribution in [0.25, 0.3) is 0 Å². The molecule has 0 amide bonds. The summed E-state index contributed by atoms with van der Waals surface area (Å²) in [6.07, 6.45) is 0. The summed E-state index contributed by atoms with van der Waals surface area (Å²) in [5.74, 6) is 0. The molecule has 0 fully saturated rings. The van der Waals surface area contributed by atoms with Gasteiger partial charge in [-0.15, -0.1) is 0 Å². The van der Waals surface area contributed by atoms with Crippen LogP contribution in [0.4, 0.5) is 0 Å². The summed E-state index contributed by atoms with van der Waals surface area (Å²) in [4.78, 5) is 1.99. The van der Waals surface area contributed by atoms with Crippen molar-refractivity contribution in [2.45, 2.75) is 19.1 Å². The Morgan fingerprint density at radius 2 is 2.00 bits per heavy atom. The molecule has 0 aromatic carbocycles. The summed E-state index contributed by atoms with van der Waals surface area (Å²) < 4.78 is 2.23. The first-order valence-corrected chi connectivity index (χ1v) is 6.68. The SMILES string of the molecule is C=C(SC(C)C)[Se]C(=S)N(C)C. The third-order valence-corrected chi connectivity index (χ3v) is 5.11. The molecule has 0 spiro atoms. The first-order chi connectivity index (χ1) is 5.43. The Bertz CT molecular complexity index is 178. The van der Waals surface area contributed by atoms with Gasteiger partial charge in [0, 0.05) is 0 Å².